The number of carboxylic acid groups (broad SMARTS) is 1. The van der Waals surface area contributed by atoms with Crippen LogP contribution in [0.25, 0.3) is 0 Å². The van der Waals surface area contributed by atoms with E-state index < -0.39 is 54.5 Å². The zero-order valence-electron chi connectivity index (χ0n) is 16.0. The highest BCUT2D eigenvalue weighted by Crippen LogP contribution is 2.01. The number of aliphatic carboxylic acids is 1. The fourth-order valence-corrected chi connectivity index (χ4v) is 2.16. The monoisotopic (exact) mass is 435 g/mol. The van der Waals surface area contributed by atoms with Crippen molar-refractivity contribution in [1.29, 1.82) is 0 Å². The summed E-state index contributed by atoms with van der Waals surface area (Å²) < 4.78 is 0. The van der Waals surface area contributed by atoms with E-state index in [0.29, 0.717) is 6.42 Å². The average molecular weight is 436 g/mol. The van der Waals surface area contributed by atoms with E-state index in [1.807, 2.05) is 0 Å². The van der Waals surface area contributed by atoms with Gasteiger partial charge in [-0.2, -0.15) is 12.6 Å². The quantitative estimate of drug-likeness (QED) is 0.0590. The van der Waals surface area contributed by atoms with E-state index in [0.717, 1.165) is 0 Å². The number of thiol groups is 1. The molecular formula is C15H29N7O6S. The Bertz CT molecular complexity index is 614. The molecule has 0 radical (unpaired) electrons. The molecule has 0 aliphatic carbocycles. The molecule has 14 heteroatoms. The first-order valence-electron chi connectivity index (χ1n) is 8.70. The van der Waals surface area contributed by atoms with Gasteiger partial charge in [-0.15, -0.1) is 0 Å². The summed E-state index contributed by atoms with van der Waals surface area (Å²) >= 11 is 3.92. The van der Waals surface area contributed by atoms with Gasteiger partial charge in [0, 0.05) is 12.3 Å². The third-order valence-electron chi connectivity index (χ3n) is 3.66. The zero-order valence-corrected chi connectivity index (χ0v) is 16.9. The molecule has 0 bridgehead atoms. The van der Waals surface area contributed by atoms with Gasteiger partial charge in [0.05, 0.1) is 12.6 Å². The van der Waals surface area contributed by atoms with Gasteiger partial charge in [-0.05, 0) is 19.8 Å². The van der Waals surface area contributed by atoms with Crippen LogP contribution in [0.3, 0.4) is 0 Å². The first kappa shape index (κ1) is 26.4. The van der Waals surface area contributed by atoms with Crippen molar-refractivity contribution >= 4 is 42.3 Å². The summed E-state index contributed by atoms with van der Waals surface area (Å²) in [6, 6.07) is -4.61. The molecule has 166 valence electrons. The number of aliphatic hydroxyl groups is 1. The molecule has 0 fully saturated rings. The van der Waals surface area contributed by atoms with Crippen LogP contribution in [0.4, 0.5) is 0 Å². The molecule has 0 aliphatic heterocycles. The van der Waals surface area contributed by atoms with Crippen LogP contribution in [0.1, 0.15) is 19.8 Å². The Morgan fingerprint density at radius 1 is 1.03 bits per heavy atom. The Morgan fingerprint density at radius 3 is 2.10 bits per heavy atom. The number of aliphatic hydroxyl groups excluding tert-OH is 1. The number of amides is 3. The van der Waals surface area contributed by atoms with E-state index in [2.05, 4.69) is 33.6 Å². The number of hydrogen-bond acceptors (Lipinski definition) is 8. The number of carboxylic acids is 1. The number of nitrogens with two attached hydrogens (primary N) is 3. The summed E-state index contributed by atoms with van der Waals surface area (Å²) in [5.74, 6) is -3.60. The van der Waals surface area contributed by atoms with Crippen LogP contribution in [0, 0.1) is 0 Å². The summed E-state index contributed by atoms with van der Waals surface area (Å²) in [5, 5.41) is 24.7. The number of carbonyl (C=O) groups is 4. The number of hydrogen-bond donors (Lipinski definition) is 9. The minimum atomic E-state index is -1.51. The van der Waals surface area contributed by atoms with Crippen molar-refractivity contribution in [3.05, 3.63) is 0 Å². The molecule has 0 rings (SSSR count). The summed E-state index contributed by atoms with van der Waals surface area (Å²) in [5.41, 5.74) is 16.0. The van der Waals surface area contributed by atoms with Crippen LogP contribution in [0.2, 0.25) is 0 Å². The number of nitrogens with one attached hydrogen (secondary N) is 3. The lowest BCUT2D eigenvalue weighted by atomic mass is 10.1. The first-order valence-corrected chi connectivity index (χ1v) is 9.33. The van der Waals surface area contributed by atoms with E-state index in [1.165, 1.54) is 6.92 Å². The van der Waals surface area contributed by atoms with Gasteiger partial charge in [0.15, 0.2) is 5.96 Å². The van der Waals surface area contributed by atoms with Crippen molar-refractivity contribution < 1.29 is 29.4 Å². The van der Waals surface area contributed by atoms with Gasteiger partial charge in [-0.3, -0.25) is 19.4 Å². The van der Waals surface area contributed by atoms with Gasteiger partial charge in [-0.25, -0.2) is 4.79 Å². The second-order valence-corrected chi connectivity index (χ2v) is 6.48. The Balaban J connectivity index is 5.01. The topological polar surface area (TPSA) is 235 Å². The van der Waals surface area contributed by atoms with Crippen LogP contribution in [-0.4, -0.2) is 82.9 Å². The van der Waals surface area contributed by atoms with E-state index in [9.17, 15) is 19.2 Å². The molecule has 11 N–H and O–H groups in total. The molecular weight excluding hydrogens is 406 g/mol. The molecule has 0 aromatic heterocycles. The Hall–Kier alpha value is -2.58. The van der Waals surface area contributed by atoms with E-state index in [1.54, 1.807) is 0 Å². The highest BCUT2D eigenvalue weighted by Gasteiger charge is 2.27. The van der Waals surface area contributed by atoms with E-state index in [-0.39, 0.29) is 24.7 Å². The summed E-state index contributed by atoms with van der Waals surface area (Å²) in [4.78, 5) is 51.2. The lowest BCUT2D eigenvalue weighted by Gasteiger charge is -2.23. The van der Waals surface area contributed by atoms with Crippen molar-refractivity contribution in [2.24, 2.45) is 22.2 Å². The fraction of sp³-hybridized carbons (Fsp3) is 0.667. The van der Waals surface area contributed by atoms with Gasteiger partial charge < -0.3 is 43.4 Å². The minimum absolute atomic E-state index is 0.0602. The molecule has 3 amide bonds. The molecule has 0 heterocycles. The normalized spacial score (nSPS) is 14.6. The smallest absolute Gasteiger partial charge is 0.328 e. The molecule has 0 aliphatic rings. The highest BCUT2D eigenvalue weighted by molar-refractivity contribution is 7.80. The first-order chi connectivity index (χ1) is 13.5. The molecule has 0 saturated heterocycles. The van der Waals surface area contributed by atoms with Gasteiger partial charge >= 0.3 is 5.97 Å². The summed E-state index contributed by atoms with van der Waals surface area (Å²) in [6.07, 6.45) is 0.495. The summed E-state index contributed by atoms with van der Waals surface area (Å²) in [6.45, 7) is 0.724. The maximum atomic E-state index is 12.5. The SMILES string of the molecule is CC(NC(=O)C(CCCN=C(N)N)NC(=O)C(N)CS)C(=O)NC(CO)C(=O)O. The number of rotatable bonds is 13. The van der Waals surface area contributed by atoms with Crippen molar-refractivity contribution in [2.45, 2.75) is 43.9 Å². The molecule has 13 nitrogen and oxygen atoms in total. The van der Waals surface area contributed by atoms with Gasteiger partial charge in [0.2, 0.25) is 17.7 Å². The maximum Gasteiger partial charge on any atom is 0.328 e. The third kappa shape index (κ3) is 10.5. The molecule has 0 aromatic rings. The lowest BCUT2D eigenvalue weighted by Crippen LogP contribution is -2.56. The van der Waals surface area contributed by atoms with Crippen LogP contribution < -0.4 is 33.2 Å². The minimum Gasteiger partial charge on any atom is -0.480 e. The largest absolute Gasteiger partial charge is 0.480 e. The fourth-order valence-electron chi connectivity index (χ4n) is 2.00. The van der Waals surface area contributed by atoms with Crippen molar-refractivity contribution in [3.8, 4) is 0 Å². The van der Waals surface area contributed by atoms with Crippen LogP contribution in [-0.2, 0) is 19.2 Å². The third-order valence-corrected chi connectivity index (χ3v) is 4.05. The molecule has 0 saturated carbocycles. The molecule has 0 spiro atoms. The Kier molecular flexibility index (Phi) is 12.4. The van der Waals surface area contributed by atoms with Crippen LogP contribution in [0.15, 0.2) is 4.99 Å². The molecule has 29 heavy (non-hydrogen) atoms. The average Bonchev–Trinajstić information content (AvgIpc) is 2.66. The van der Waals surface area contributed by atoms with Crippen LogP contribution >= 0.6 is 12.6 Å². The van der Waals surface area contributed by atoms with Crippen molar-refractivity contribution in [1.82, 2.24) is 16.0 Å². The Labute approximate surface area is 173 Å². The predicted octanol–water partition coefficient (Wildman–Crippen LogP) is -4.15. The van der Waals surface area contributed by atoms with Gasteiger partial charge in [-0.1, -0.05) is 0 Å². The molecule has 4 unspecified atom stereocenters. The maximum absolute atomic E-state index is 12.5. The van der Waals surface area contributed by atoms with E-state index >= 15 is 0 Å². The Morgan fingerprint density at radius 2 is 1.62 bits per heavy atom. The number of nitrogens with zero attached hydrogens (tertiary/aromatic N) is 1. The second-order valence-electron chi connectivity index (χ2n) is 6.11. The predicted molar refractivity (Wildman–Crippen MR) is 108 cm³/mol. The summed E-state index contributed by atoms with van der Waals surface area (Å²) in [7, 11) is 0. The highest BCUT2D eigenvalue weighted by atomic mass is 32.1. The molecule has 4 atom stereocenters. The standard InChI is InChI=1S/C15H29N7O6S/c1-7(11(24)22-10(5-23)14(27)28)20-13(26)9(3-2-4-19-15(17)18)21-12(25)8(16)6-29/h7-10,23,29H,2-6,16H2,1H3,(H,20,26)(H,21,25)(H,22,24)(H,27,28)(H4,17,18,19). The number of guanidine groups is 1. The van der Waals surface area contributed by atoms with E-state index in [4.69, 9.17) is 27.4 Å². The van der Waals surface area contributed by atoms with Gasteiger partial charge in [0.1, 0.15) is 18.1 Å². The lowest BCUT2D eigenvalue weighted by molar-refractivity contribution is -0.143. The van der Waals surface area contributed by atoms with Crippen molar-refractivity contribution in [2.75, 3.05) is 18.9 Å². The van der Waals surface area contributed by atoms with Crippen molar-refractivity contribution in [3.63, 3.8) is 0 Å². The second kappa shape index (κ2) is 13.6. The van der Waals surface area contributed by atoms with Crippen LogP contribution in [0.5, 0.6) is 0 Å². The zero-order chi connectivity index (χ0) is 22.6. The number of carbonyl (C=O) groups excluding carboxylic acids is 3. The number of aliphatic imine (C=N–C) groups is 1. The van der Waals surface area contributed by atoms with Gasteiger partial charge in [0.25, 0.3) is 0 Å². The molecule has 0 aromatic carbocycles.